The zero-order valence-corrected chi connectivity index (χ0v) is 13.3. The second kappa shape index (κ2) is 5.77. The first kappa shape index (κ1) is 14.5. The van der Waals surface area contributed by atoms with Crippen molar-refractivity contribution in [3.63, 3.8) is 0 Å². The summed E-state index contributed by atoms with van der Waals surface area (Å²) in [6, 6.07) is 14.5. The summed E-state index contributed by atoms with van der Waals surface area (Å²) in [6.45, 7) is 1.70. The molecule has 4 nitrogen and oxygen atoms in total. The van der Waals surface area contributed by atoms with Gasteiger partial charge in [0.15, 0.2) is 0 Å². The van der Waals surface area contributed by atoms with Gasteiger partial charge in [0.1, 0.15) is 5.75 Å². The molecule has 1 aromatic heterocycles. The van der Waals surface area contributed by atoms with Crippen molar-refractivity contribution >= 4 is 32.8 Å². The molecule has 0 fully saturated rings. The predicted molar refractivity (Wildman–Crippen MR) is 87.7 cm³/mol. The smallest absolute Gasteiger partial charge is 0.336 e. The summed E-state index contributed by atoms with van der Waals surface area (Å²) in [5, 5.41) is 10.1. The minimum atomic E-state index is -0.999. The SMILES string of the molecule is Cc1c(Oc2ccccc2)nc2ccc(Br)cc2c1C(=O)O. The number of hydrogen-bond donors (Lipinski definition) is 1. The molecule has 0 radical (unpaired) electrons. The number of carboxylic acid groups (broad SMARTS) is 1. The van der Waals surface area contributed by atoms with Crippen LogP contribution in [0.5, 0.6) is 11.6 Å². The molecule has 0 bridgehead atoms. The lowest BCUT2D eigenvalue weighted by molar-refractivity contribution is 0.0697. The van der Waals surface area contributed by atoms with Crippen molar-refractivity contribution in [2.24, 2.45) is 0 Å². The van der Waals surface area contributed by atoms with E-state index in [0.717, 1.165) is 4.47 Å². The number of aromatic carboxylic acids is 1. The van der Waals surface area contributed by atoms with E-state index in [0.29, 0.717) is 28.1 Å². The fourth-order valence-corrected chi connectivity index (χ4v) is 2.64. The van der Waals surface area contributed by atoms with E-state index < -0.39 is 5.97 Å². The van der Waals surface area contributed by atoms with Gasteiger partial charge >= 0.3 is 5.97 Å². The highest BCUT2D eigenvalue weighted by atomic mass is 79.9. The molecule has 0 aliphatic heterocycles. The second-order valence-electron chi connectivity index (χ2n) is 4.80. The van der Waals surface area contributed by atoms with Crippen LogP contribution in [0, 0.1) is 6.92 Å². The normalized spacial score (nSPS) is 10.6. The summed E-state index contributed by atoms with van der Waals surface area (Å²) in [5.74, 6) is -0.0785. The van der Waals surface area contributed by atoms with E-state index >= 15 is 0 Å². The molecule has 0 saturated heterocycles. The molecule has 2 aromatic carbocycles. The van der Waals surface area contributed by atoms with Crippen LogP contribution in [0.2, 0.25) is 0 Å². The first-order chi connectivity index (χ1) is 10.6. The highest BCUT2D eigenvalue weighted by Gasteiger charge is 2.18. The van der Waals surface area contributed by atoms with Crippen molar-refractivity contribution in [3.05, 3.63) is 64.1 Å². The van der Waals surface area contributed by atoms with Crippen LogP contribution < -0.4 is 4.74 Å². The molecule has 3 aromatic rings. The van der Waals surface area contributed by atoms with Crippen molar-refractivity contribution in [3.8, 4) is 11.6 Å². The number of carboxylic acids is 1. The Morgan fingerprint density at radius 1 is 1.18 bits per heavy atom. The summed E-state index contributed by atoms with van der Waals surface area (Å²) >= 11 is 3.36. The van der Waals surface area contributed by atoms with Crippen molar-refractivity contribution in [1.82, 2.24) is 4.98 Å². The van der Waals surface area contributed by atoms with Crippen LogP contribution in [0.1, 0.15) is 15.9 Å². The lowest BCUT2D eigenvalue weighted by Crippen LogP contribution is -2.05. The molecule has 0 aliphatic rings. The number of pyridine rings is 1. The van der Waals surface area contributed by atoms with Crippen molar-refractivity contribution in [2.75, 3.05) is 0 Å². The fourth-order valence-electron chi connectivity index (χ4n) is 2.28. The fraction of sp³-hybridized carbons (Fsp3) is 0.0588. The lowest BCUT2D eigenvalue weighted by atomic mass is 10.0. The van der Waals surface area contributed by atoms with E-state index in [1.54, 1.807) is 31.2 Å². The molecule has 0 saturated carbocycles. The summed E-state index contributed by atoms with van der Waals surface area (Å²) in [4.78, 5) is 16.1. The molecular weight excluding hydrogens is 346 g/mol. The van der Waals surface area contributed by atoms with Crippen LogP contribution in [0.15, 0.2) is 53.0 Å². The molecule has 5 heteroatoms. The summed E-state index contributed by atoms with van der Waals surface area (Å²) < 4.78 is 6.56. The minimum absolute atomic E-state index is 0.206. The number of aromatic nitrogens is 1. The first-order valence-corrected chi connectivity index (χ1v) is 7.41. The first-order valence-electron chi connectivity index (χ1n) is 6.62. The Balaban J connectivity index is 2.21. The Hall–Kier alpha value is -2.40. The molecular formula is C17H12BrNO3. The lowest BCUT2D eigenvalue weighted by Gasteiger charge is -2.12. The number of para-hydroxylation sites is 1. The molecule has 3 rings (SSSR count). The van der Waals surface area contributed by atoms with Gasteiger partial charge in [-0.3, -0.25) is 0 Å². The highest BCUT2D eigenvalue weighted by Crippen LogP contribution is 2.31. The van der Waals surface area contributed by atoms with E-state index in [9.17, 15) is 9.90 Å². The number of fused-ring (bicyclic) bond motifs is 1. The third kappa shape index (κ3) is 2.67. The zero-order chi connectivity index (χ0) is 15.7. The van der Waals surface area contributed by atoms with Gasteiger partial charge in [0.25, 0.3) is 0 Å². The Morgan fingerprint density at radius 2 is 1.91 bits per heavy atom. The molecule has 1 heterocycles. The molecule has 0 aliphatic carbocycles. The maximum absolute atomic E-state index is 11.7. The van der Waals surface area contributed by atoms with Gasteiger partial charge in [0.05, 0.1) is 11.1 Å². The Kier molecular flexibility index (Phi) is 3.81. The number of ether oxygens (including phenoxy) is 1. The van der Waals surface area contributed by atoms with Crippen molar-refractivity contribution < 1.29 is 14.6 Å². The van der Waals surface area contributed by atoms with Gasteiger partial charge in [-0.15, -0.1) is 0 Å². The maximum atomic E-state index is 11.7. The monoisotopic (exact) mass is 357 g/mol. The van der Waals surface area contributed by atoms with Crippen molar-refractivity contribution in [2.45, 2.75) is 6.92 Å². The van der Waals surface area contributed by atoms with Gasteiger partial charge in [0.2, 0.25) is 5.88 Å². The van der Waals surface area contributed by atoms with E-state index in [2.05, 4.69) is 20.9 Å². The summed E-state index contributed by atoms with van der Waals surface area (Å²) in [6.07, 6.45) is 0. The van der Waals surface area contributed by atoms with Gasteiger partial charge in [-0.25, -0.2) is 9.78 Å². The molecule has 1 N–H and O–H groups in total. The van der Waals surface area contributed by atoms with E-state index in [4.69, 9.17) is 4.74 Å². The molecule has 22 heavy (non-hydrogen) atoms. The minimum Gasteiger partial charge on any atom is -0.478 e. The van der Waals surface area contributed by atoms with Crippen LogP contribution in [-0.2, 0) is 0 Å². The Bertz CT molecular complexity index is 863. The third-order valence-corrected chi connectivity index (χ3v) is 3.81. The predicted octanol–water partition coefficient (Wildman–Crippen LogP) is 4.80. The maximum Gasteiger partial charge on any atom is 0.336 e. The largest absolute Gasteiger partial charge is 0.478 e. The average Bonchev–Trinajstić information content (AvgIpc) is 2.49. The molecule has 0 amide bonds. The van der Waals surface area contributed by atoms with Crippen LogP contribution in [-0.4, -0.2) is 16.1 Å². The van der Waals surface area contributed by atoms with Gasteiger partial charge < -0.3 is 9.84 Å². The number of benzene rings is 2. The Labute approximate surface area is 135 Å². The second-order valence-corrected chi connectivity index (χ2v) is 5.71. The Morgan fingerprint density at radius 3 is 2.59 bits per heavy atom. The topological polar surface area (TPSA) is 59.4 Å². The van der Waals surface area contributed by atoms with Gasteiger partial charge in [-0.05, 0) is 37.3 Å². The number of rotatable bonds is 3. The molecule has 0 atom stereocenters. The van der Waals surface area contributed by atoms with Crippen LogP contribution in [0.4, 0.5) is 0 Å². The summed E-state index contributed by atoms with van der Waals surface area (Å²) in [5.41, 5.74) is 1.29. The van der Waals surface area contributed by atoms with E-state index in [-0.39, 0.29) is 5.56 Å². The van der Waals surface area contributed by atoms with Gasteiger partial charge in [-0.2, -0.15) is 0 Å². The van der Waals surface area contributed by atoms with Gasteiger partial charge in [-0.1, -0.05) is 34.1 Å². The van der Waals surface area contributed by atoms with Gasteiger partial charge in [0, 0.05) is 15.4 Å². The molecule has 0 unspecified atom stereocenters. The number of nitrogens with zero attached hydrogens (tertiary/aromatic N) is 1. The van der Waals surface area contributed by atoms with Crippen LogP contribution >= 0.6 is 15.9 Å². The highest BCUT2D eigenvalue weighted by molar-refractivity contribution is 9.10. The van der Waals surface area contributed by atoms with E-state index in [1.807, 2.05) is 24.3 Å². The number of carbonyl (C=O) groups is 1. The average molecular weight is 358 g/mol. The molecule has 110 valence electrons. The zero-order valence-electron chi connectivity index (χ0n) is 11.7. The van der Waals surface area contributed by atoms with Crippen LogP contribution in [0.25, 0.3) is 10.9 Å². The number of hydrogen-bond acceptors (Lipinski definition) is 3. The van der Waals surface area contributed by atoms with Crippen molar-refractivity contribution in [1.29, 1.82) is 0 Å². The van der Waals surface area contributed by atoms with E-state index in [1.165, 1.54) is 0 Å². The third-order valence-electron chi connectivity index (χ3n) is 3.32. The molecule has 0 spiro atoms. The van der Waals surface area contributed by atoms with Crippen LogP contribution in [0.3, 0.4) is 0 Å². The quantitative estimate of drug-likeness (QED) is 0.731. The summed E-state index contributed by atoms with van der Waals surface area (Å²) in [7, 11) is 0. The number of halogens is 1. The standard InChI is InChI=1S/C17H12BrNO3/c1-10-15(17(20)21)13-9-11(18)7-8-14(13)19-16(10)22-12-5-3-2-4-6-12/h2-9H,1H3,(H,20,21).